The second-order valence-electron chi connectivity index (χ2n) is 7.00. The molecule has 0 aliphatic heterocycles. The van der Waals surface area contributed by atoms with E-state index < -0.39 is 0 Å². The maximum Gasteiger partial charge on any atom is 0.407 e. The lowest BCUT2D eigenvalue weighted by molar-refractivity contribution is 0.143. The van der Waals surface area contributed by atoms with E-state index in [4.69, 9.17) is 4.74 Å². The molecule has 29 heavy (non-hydrogen) atoms. The third-order valence-corrected chi connectivity index (χ3v) is 5.57. The molecule has 3 aromatic rings. The van der Waals surface area contributed by atoms with Gasteiger partial charge in [-0.1, -0.05) is 78.9 Å². The van der Waals surface area contributed by atoms with Crippen molar-refractivity contribution in [2.75, 3.05) is 13.2 Å². The predicted octanol–water partition coefficient (Wildman–Crippen LogP) is 5.92. The van der Waals surface area contributed by atoms with Crippen LogP contribution in [0, 0.1) is 0 Å². The molecule has 1 amide bonds. The Morgan fingerprint density at radius 2 is 1.55 bits per heavy atom. The Morgan fingerprint density at radius 1 is 0.931 bits per heavy atom. The van der Waals surface area contributed by atoms with Crippen molar-refractivity contribution in [3.63, 3.8) is 0 Å². The molecule has 1 aliphatic rings. The van der Waals surface area contributed by atoms with E-state index in [-0.39, 0.29) is 12.0 Å². The van der Waals surface area contributed by atoms with Crippen molar-refractivity contribution >= 4 is 24.8 Å². The lowest BCUT2D eigenvalue weighted by atomic mass is 9.98. The van der Waals surface area contributed by atoms with E-state index in [2.05, 4.69) is 42.2 Å². The Hall–Kier alpha value is -2.98. The monoisotopic (exact) mass is 401 g/mol. The first-order valence-corrected chi connectivity index (χ1v) is 10.2. The van der Waals surface area contributed by atoms with Gasteiger partial charge in [0, 0.05) is 17.4 Å². The first kappa shape index (κ1) is 19.3. The maximum absolute atomic E-state index is 12.1. The SMILES string of the molecule is O=C(NCCC=Cc1ccccc1S)OCC1c2ccccc2-c2ccccc21. The number of rotatable bonds is 6. The fraction of sp³-hybridized carbons (Fsp3) is 0.160. The highest BCUT2D eigenvalue weighted by Crippen LogP contribution is 2.44. The molecule has 1 aliphatic carbocycles. The first-order chi connectivity index (χ1) is 14.2. The molecule has 0 atom stereocenters. The number of hydrogen-bond acceptors (Lipinski definition) is 3. The zero-order chi connectivity index (χ0) is 20.1. The quantitative estimate of drug-likeness (QED) is 0.398. The van der Waals surface area contributed by atoms with Gasteiger partial charge in [-0.3, -0.25) is 0 Å². The fourth-order valence-electron chi connectivity index (χ4n) is 3.75. The molecule has 0 fully saturated rings. The van der Waals surface area contributed by atoms with Crippen LogP contribution in [0.25, 0.3) is 17.2 Å². The lowest BCUT2D eigenvalue weighted by Crippen LogP contribution is -2.26. The van der Waals surface area contributed by atoms with E-state index in [9.17, 15) is 4.79 Å². The number of carbonyl (C=O) groups is 1. The topological polar surface area (TPSA) is 38.3 Å². The fourth-order valence-corrected chi connectivity index (χ4v) is 3.98. The van der Waals surface area contributed by atoms with Crippen molar-refractivity contribution in [1.29, 1.82) is 0 Å². The largest absolute Gasteiger partial charge is 0.449 e. The summed E-state index contributed by atoms with van der Waals surface area (Å²) in [7, 11) is 0. The summed E-state index contributed by atoms with van der Waals surface area (Å²) in [6.45, 7) is 0.866. The highest BCUT2D eigenvalue weighted by molar-refractivity contribution is 7.80. The minimum atomic E-state index is -0.380. The maximum atomic E-state index is 12.1. The Morgan fingerprint density at radius 3 is 2.24 bits per heavy atom. The van der Waals surface area contributed by atoms with Gasteiger partial charge in [0.15, 0.2) is 0 Å². The third kappa shape index (κ3) is 4.38. The average Bonchev–Trinajstić information content (AvgIpc) is 3.07. The van der Waals surface area contributed by atoms with Gasteiger partial charge < -0.3 is 10.1 Å². The second kappa shape index (κ2) is 9.01. The van der Waals surface area contributed by atoms with Gasteiger partial charge >= 0.3 is 6.09 Å². The van der Waals surface area contributed by atoms with E-state index in [0.717, 1.165) is 16.9 Å². The van der Waals surface area contributed by atoms with Crippen molar-refractivity contribution < 1.29 is 9.53 Å². The molecule has 0 aromatic heterocycles. The molecule has 1 N–H and O–H groups in total. The molecule has 146 valence electrons. The third-order valence-electron chi connectivity index (χ3n) is 5.16. The summed E-state index contributed by atoms with van der Waals surface area (Å²) in [5.41, 5.74) is 5.96. The van der Waals surface area contributed by atoms with Gasteiger partial charge in [0.25, 0.3) is 0 Å². The van der Waals surface area contributed by atoms with Crippen LogP contribution in [0.1, 0.15) is 29.0 Å². The van der Waals surface area contributed by atoms with Crippen LogP contribution in [0.4, 0.5) is 4.79 Å². The number of carbonyl (C=O) groups excluding carboxylic acids is 1. The molecule has 3 aromatic carbocycles. The van der Waals surface area contributed by atoms with Crippen LogP contribution in [-0.2, 0) is 4.74 Å². The van der Waals surface area contributed by atoms with Crippen LogP contribution < -0.4 is 5.32 Å². The van der Waals surface area contributed by atoms with Crippen molar-refractivity contribution in [1.82, 2.24) is 5.32 Å². The van der Waals surface area contributed by atoms with Gasteiger partial charge in [0.05, 0.1) is 0 Å². The number of thiol groups is 1. The van der Waals surface area contributed by atoms with Gasteiger partial charge in [-0.2, -0.15) is 0 Å². The van der Waals surface area contributed by atoms with Crippen molar-refractivity contribution in [2.45, 2.75) is 17.2 Å². The van der Waals surface area contributed by atoms with Gasteiger partial charge in [-0.05, 0) is 40.3 Å². The standard InChI is InChI=1S/C25H23NO2S/c27-25(26-16-8-7-10-18-9-1-6-15-24(18)29)28-17-23-21-13-4-2-11-19(21)20-12-3-5-14-22(20)23/h1-7,9-15,23,29H,8,16-17H2,(H,26,27). The second-order valence-corrected chi connectivity index (χ2v) is 7.48. The van der Waals surface area contributed by atoms with Crippen LogP contribution in [0.5, 0.6) is 0 Å². The molecule has 0 bridgehead atoms. The van der Waals surface area contributed by atoms with Gasteiger partial charge in [-0.25, -0.2) is 4.79 Å². The molecule has 3 nitrogen and oxygen atoms in total. The van der Waals surface area contributed by atoms with E-state index in [0.29, 0.717) is 13.2 Å². The number of benzene rings is 3. The summed E-state index contributed by atoms with van der Waals surface area (Å²) >= 11 is 4.42. The number of ether oxygens (including phenoxy) is 1. The summed E-state index contributed by atoms with van der Waals surface area (Å²) in [6.07, 6.45) is 4.39. The first-order valence-electron chi connectivity index (χ1n) is 9.77. The molecule has 0 unspecified atom stereocenters. The van der Waals surface area contributed by atoms with Crippen LogP contribution in [0.3, 0.4) is 0 Å². The average molecular weight is 402 g/mol. The number of amides is 1. The Labute approximate surface area is 176 Å². The van der Waals surface area contributed by atoms with Crippen molar-refractivity contribution in [3.05, 3.63) is 95.6 Å². The van der Waals surface area contributed by atoms with E-state index >= 15 is 0 Å². The summed E-state index contributed by atoms with van der Waals surface area (Å²) in [6, 6.07) is 24.6. The van der Waals surface area contributed by atoms with Gasteiger partial charge in [0.1, 0.15) is 6.61 Å². The molecule has 4 heteroatoms. The molecule has 0 radical (unpaired) electrons. The lowest BCUT2D eigenvalue weighted by Gasteiger charge is -2.14. The normalized spacial score (nSPS) is 12.6. The summed E-state index contributed by atoms with van der Waals surface area (Å²) in [4.78, 5) is 13.1. The number of hydrogen-bond donors (Lipinski definition) is 2. The van der Waals surface area contributed by atoms with Crippen LogP contribution in [0.2, 0.25) is 0 Å². The molecule has 0 saturated carbocycles. The summed E-state index contributed by atoms with van der Waals surface area (Å²) in [5.74, 6) is 0.0833. The van der Waals surface area contributed by atoms with E-state index in [1.165, 1.54) is 22.3 Å². The minimum Gasteiger partial charge on any atom is -0.449 e. The molecule has 0 spiro atoms. The minimum absolute atomic E-state index is 0.0833. The molecular formula is C25H23NO2S. The summed E-state index contributed by atoms with van der Waals surface area (Å²) < 4.78 is 5.54. The van der Waals surface area contributed by atoms with Crippen molar-refractivity contribution in [2.24, 2.45) is 0 Å². The van der Waals surface area contributed by atoms with Crippen LogP contribution >= 0.6 is 12.6 Å². The zero-order valence-electron chi connectivity index (χ0n) is 16.0. The van der Waals surface area contributed by atoms with Crippen LogP contribution in [0.15, 0.2) is 83.8 Å². The molecule has 4 rings (SSSR count). The van der Waals surface area contributed by atoms with Gasteiger partial charge in [0.2, 0.25) is 0 Å². The van der Waals surface area contributed by atoms with E-state index in [1.54, 1.807) is 0 Å². The van der Waals surface area contributed by atoms with E-state index in [1.807, 2.05) is 60.7 Å². The Bertz CT molecular complexity index is 999. The highest BCUT2D eigenvalue weighted by Gasteiger charge is 2.28. The van der Waals surface area contributed by atoms with Crippen molar-refractivity contribution in [3.8, 4) is 11.1 Å². The highest BCUT2D eigenvalue weighted by atomic mass is 32.1. The predicted molar refractivity (Wildman–Crippen MR) is 120 cm³/mol. The Kier molecular flexibility index (Phi) is 6.01. The number of fused-ring (bicyclic) bond motifs is 3. The number of nitrogens with one attached hydrogen (secondary N) is 1. The number of alkyl carbamates (subject to hydrolysis) is 1. The summed E-state index contributed by atoms with van der Waals surface area (Å²) in [5, 5.41) is 2.82. The Balaban J connectivity index is 1.29. The molecule has 0 heterocycles. The van der Waals surface area contributed by atoms with Crippen LogP contribution in [-0.4, -0.2) is 19.2 Å². The molecule has 0 saturated heterocycles. The molecular weight excluding hydrogens is 378 g/mol. The smallest absolute Gasteiger partial charge is 0.407 e. The van der Waals surface area contributed by atoms with Gasteiger partial charge in [-0.15, -0.1) is 12.6 Å². The zero-order valence-corrected chi connectivity index (χ0v) is 16.9.